The first kappa shape index (κ1) is 12.8. The fraction of sp³-hybridized carbons (Fsp3) is 0.0714. The lowest BCUT2D eigenvalue weighted by atomic mass is 10.2. The Morgan fingerprint density at radius 1 is 1.30 bits per heavy atom. The van der Waals surface area contributed by atoms with Crippen LogP contribution in [-0.4, -0.2) is 23.0 Å². The van der Waals surface area contributed by atoms with Crippen LogP contribution in [-0.2, 0) is 4.74 Å². The molecular weight excluding hydrogens is 324 g/mol. The molecule has 0 fully saturated rings. The van der Waals surface area contributed by atoms with Crippen molar-refractivity contribution in [2.45, 2.75) is 0 Å². The molecule has 5 nitrogen and oxygen atoms in total. The van der Waals surface area contributed by atoms with Gasteiger partial charge in [-0.2, -0.15) is 0 Å². The molecule has 2 aromatic heterocycles. The van der Waals surface area contributed by atoms with Crippen LogP contribution >= 0.6 is 15.9 Å². The van der Waals surface area contributed by atoms with E-state index in [0.29, 0.717) is 27.2 Å². The second kappa shape index (κ2) is 5.05. The summed E-state index contributed by atoms with van der Waals surface area (Å²) in [7, 11) is 1.34. The zero-order valence-corrected chi connectivity index (χ0v) is 12.0. The third-order valence-corrected chi connectivity index (χ3v) is 3.22. The Labute approximate surface area is 122 Å². The van der Waals surface area contributed by atoms with Crippen LogP contribution in [0.4, 0.5) is 0 Å². The summed E-state index contributed by atoms with van der Waals surface area (Å²) in [5.74, 6) is 0.0771. The summed E-state index contributed by atoms with van der Waals surface area (Å²) in [5, 5.41) is 0. The van der Waals surface area contributed by atoms with Gasteiger partial charge >= 0.3 is 5.97 Å². The highest BCUT2D eigenvalue weighted by Gasteiger charge is 2.12. The van der Waals surface area contributed by atoms with Gasteiger partial charge in [-0.3, -0.25) is 0 Å². The molecule has 0 saturated carbocycles. The molecule has 0 atom stereocenters. The van der Waals surface area contributed by atoms with Crippen molar-refractivity contribution >= 4 is 33.0 Å². The molecule has 0 aliphatic heterocycles. The zero-order valence-electron chi connectivity index (χ0n) is 10.5. The van der Waals surface area contributed by atoms with Gasteiger partial charge in [0.2, 0.25) is 5.89 Å². The second-order valence-corrected chi connectivity index (χ2v) is 4.87. The molecule has 0 unspecified atom stereocenters. The normalized spacial score (nSPS) is 10.7. The van der Waals surface area contributed by atoms with E-state index in [2.05, 4.69) is 30.6 Å². The van der Waals surface area contributed by atoms with E-state index < -0.39 is 5.97 Å². The van der Waals surface area contributed by atoms with E-state index in [9.17, 15) is 4.79 Å². The summed E-state index contributed by atoms with van der Waals surface area (Å²) in [6.07, 6.45) is 1.66. The minimum atomic E-state index is -0.400. The van der Waals surface area contributed by atoms with Crippen molar-refractivity contribution in [3.05, 3.63) is 46.7 Å². The largest absolute Gasteiger partial charge is 0.465 e. The summed E-state index contributed by atoms with van der Waals surface area (Å²) in [4.78, 5) is 19.9. The number of hydrogen-bond acceptors (Lipinski definition) is 5. The zero-order chi connectivity index (χ0) is 14.1. The molecule has 1 aromatic carbocycles. The molecule has 0 amide bonds. The van der Waals surface area contributed by atoms with E-state index in [0.717, 1.165) is 5.56 Å². The molecule has 0 spiro atoms. The number of esters is 1. The van der Waals surface area contributed by atoms with Crippen LogP contribution in [0.2, 0.25) is 0 Å². The number of pyridine rings is 1. The second-order valence-electron chi connectivity index (χ2n) is 4.06. The van der Waals surface area contributed by atoms with Gasteiger partial charge < -0.3 is 9.15 Å². The fourth-order valence-electron chi connectivity index (χ4n) is 1.83. The number of hydrogen-bond donors (Lipinski definition) is 0. The third kappa shape index (κ3) is 2.30. The van der Waals surface area contributed by atoms with Crippen molar-refractivity contribution in [3.8, 4) is 11.5 Å². The van der Waals surface area contributed by atoms with Crippen molar-refractivity contribution in [3.63, 3.8) is 0 Å². The standard InChI is InChI=1S/C14H9BrN2O3/c1-19-14(18)9-2-3-11-10(6-9)17-13(20-11)8-4-5-16-12(15)7-8/h2-7H,1H3. The molecule has 0 aliphatic rings. The number of aromatic nitrogens is 2. The Morgan fingerprint density at radius 2 is 2.15 bits per heavy atom. The first-order valence-corrected chi connectivity index (χ1v) is 6.57. The third-order valence-electron chi connectivity index (χ3n) is 2.78. The Bertz CT molecular complexity index is 798. The van der Waals surface area contributed by atoms with Gasteiger partial charge in [-0.25, -0.2) is 14.8 Å². The summed E-state index contributed by atoms with van der Waals surface area (Å²) in [6.45, 7) is 0. The van der Waals surface area contributed by atoms with Gasteiger partial charge in [0.15, 0.2) is 5.58 Å². The number of ether oxygens (including phenoxy) is 1. The molecule has 20 heavy (non-hydrogen) atoms. The number of rotatable bonds is 2. The molecule has 3 aromatic rings. The van der Waals surface area contributed by atoms with Crippen LogP contribution < -0.4 is 0 Å². The van der Waals surface area contributed by atoms with Crippen LogP contribution in [0.3, 0.4) is 0 Å². The van der Waals surface area contributed by atoms with Crippen molar-refractivity contribution in [2.24, 2.45) is 0 Å². The van der Waals surface area contributed by atoms with Crippen molar-refractivity contribution in [1.82, 2.24) is 9.97 Å². The van der Waals surface area contributed by atoms with Gasteiger partial charge in [-0.15, -0.1) is 0 Å². The molecule has 6 heteroatoms. The average Bonchev–Trinajstić information content (AvgIpc) is 2.89. The van der Waals surface area contributed by atoms with E-state index in [1.54, 1.807) is 30.5 Å². The van der Waals surface area contributed by atoms with E-state index in [-0.39, 0.29) is 0 Å². The summed E-state index contributed by atoms with van der Waals surface area (Å²) >= 11 is 3.30. The molecule has 100 valence electrons. The minimum absolute atomic E-state index is 0.400. The lowest BCUT2D eigenvalue weighted by Crippen LogP contribution is -2.00. The average molecular weight is 333 g/mol. The van der Waals surface area contributed by atoms with Gasteiger partial charge in [0, 0.05) is 11.8 Å². The Balaban J connectivity index is 2.09. The Kier molecular flexibility index (Phi) is 3.23. The maximum atomic E-state index is 11.5. The van der Waals surface area contributed by atoms with E-state index in [4.69, 9.17) is 4.42 Å². The number of halogens is 1. The predicted octanol–water partition coefficient (Wildman–Crippen LogP) is 3.44. The molecule has 2 heterocycles. The number of fused-ring (bicyclic) bond motifs is 1. The monoisotopic (exact) mass is 332 g/mol. The molecule has 0 bridgehead atoms. The van der Waals surface area contributed by atoms with E-state index in [1.165, 1.54) is 7.11 Å². The SMILES string of the molecule is COC(=O)c1ccc2oc(-c3ccnc(Br)c3)nc2c1. The van der Waals surface area contributed by atoms with Gasteiger partial charge in [0.25, 0.3) is 0 Å². The first-order chi connectivity index (χ1) is 9.67. The number of benzene rings is 1. The quantitative estimate of drug-likeness (QED) is 0.531. The smallest absolute Gasteiger partial charge is 0.337 e. The number of methoxy groups -OCH3 is 1. The maximum absolute atomic E-state index is 11.5. The maximum Gasteiger partial charge on any atom is 0.337 e. The van der Waals surface area contributed by atoms with Crippen molar-refractivity contribution in [1.29, 1.82) is 0 Å². The van der Waals surface area contributed by atoms with Crippen LogP contribution in [0.15, 0.2) is 45.5 Å². The Hall–Kier alpha value is -2.21. The minimum Gasteiger partial charge on any atom is -0.465 e. The number of carbonyl (C=O) groups is 1. The highest BCUT2D eigenvalue weighted by Crippen LogP contribution is 2.26. The topological polar surface area (TPSA) is 65.2 Å². The number of carbonyl (C=O) groups excluding carboxylic acids is 1. The number of oxazole rings is 1. The molecule has 0 saturated heterocycles. The van der Waals surface area contributed by atoms with Crippen molar-refractivity contribution in [2.75, 3.05) is 7.11 Å². The van der Waals surface area contributed by atoms with E-state index in [1.807, 2.05) is 6.07 Å². The van der Waals surface area contributed by atoms with Gasteiger partial charge in [0.05, 0.1) is 12.7 Å². The van der Waals surface area contributed by atoms with Crippen LogP contribution in [0.5, 0.6) is 0 Å². The van der Waals surface area contributed by atoms with Gasteiger partial charge in [-0.05, 0) is 46.3 Å². The first-order valence-electron chi connectivity index (χ1n) is 5.78. The molecule has 0 radical (unpaired) electrons. The molecule has 0 aliphatic carbocycles. The van der Waals surface area contributed by atoms with Crippen LogP contribution in [0.25, 0.3) is 22.6 Å². The van der Waals surface area contributed by atoms with Gasteiger partial charge in [0.1, 0.15) is 10.1 Å². The lowest BCUT2D eigenvalue weighted by molar-refractivity contribution is 0.0601. The van der Waals surface area contributed by atoms with Crippen molar-refractivity contribution < 1.29 is 13.9 Å². The van der Waals surface area contributed by atoms with Crippen LogP contribution in [0.1, 0.15) is 10.4 Å². The fourth-order valence-corrected chi connectivity index (χ4v) is 2.20. The Morgan fingerprint density at radius 3 is 2.90 bits per heavy atom. The highest BCUT2D eigenvalue weighted by molar-refractivity contribution is 9.10. The van der Waals surface area contributed by atoms with Gasteiger partial charge in [-0.1, -0.05) is 0 Å². The highest BCUT2D eigenvalue weighted by atomic mass is 79.9. The summed E-state index contributed by atoms with van der Waals surface area (Å²) in [6, 6.07) is 8.60. The summed E-state index contributed by atoms with van der Waals surface area (Å²) < 4.78 is 11.0. The summed E-state index contributed by atoms with van der Waals surface area (Å²) in [5.41, 5.74) is 2.47. The van der Waals surface area contributed by atoms with E-state index >= 15 is 0 Å². The van der Waals surface area contributed by atoms with Crippen LogP contribution in [0, 0.1) is 0 Å². The predicted molar refractivity (Wildman–Crippen MR) is 76.3 cm³/mol. The number of nitrogens with zero attached hydrogens (tertiary/aromatic N) is 2. The lowest BCUT2D eigenvalue weighted by Gasteiger charge is -1.96. The molecular formula is C14H9BrN2O3. The molecule has 0 N–H and O–H groups in total. The molecule has 3 rings (SSSR count).